The van der Waals surface area contributed by atoms with E-state index in [1.54, 1.807) is 12.1 Å². The Morgan fingerprint density at radius 1 is 1.00 bits per heavy atom. The smallest absolute Gasteiger partial charge is 0.150 e. The summed E-state index contributed by atoms with van der Waals surface area (Å²) in [5.74, 6) is 7.07. The van der Waals surface area contributed by atoms with E-state index >= 15 is 0 Å². The van der Waals surface area contributed by atoms with Crippen LogP contribution in [0, 0.1) is 11.8 Å². The lowest BCUT2D eigenvalue weighted by molar-refractivity contribution is 0.112. The fraction of sp³-hybridized carbons (Fsp3) is 0.167. The highest BCUT2D eigenvalue weighted by Gasteiger charge is 1.91. The molecule has 0 spiro atoms. The Morgan fingerprint density at radius 2 is 1.75 bits per heavy atom. The first-order valence-electron chi connectivity index (χ1n) is 6.60. The fourth-order valence-electron chi connectivity index (χ4n) is 1.68. The second kappa shape index (κ2) is 7.81. The van der Waals surface area contributed by atoms with Gasteiger partial charge in [-0.25, -0.2) is 0 Å². The quantitative estimate of drug-likeness (QED) is 0.467. The number of rotatable bonds is 5. The van der Waals surface area contributed by atoms with Gasteiger partial charge in [-0.05, 0) is 30.7 Å². The molecular formula is C18H16O2. The summed E-state index contributed by atoms with van der Waals surface area (Å²) in [4.78, 5) is 10.5. The van der Waals surface area contributed by atoms with Gasteiger partial charge in [-0.15, -0.1) is 0 Å². The molecule has 0 N–H and O–H groups in total. The number of aldehydes is 1. The molecule has 0 unspecified atom stereocenters. The summed E-state index contributed by atoms with van der Waals surface area (Å²) in [7, 11) is 0. The van der Waals surface area contributed by atoms with E-state index in [0.717, 1.165) is 30.4 Å². The number of hydrogen-bond donors (Lipinski definition) is 0. The van der Waals surface area contributed by atoms with Crippen LogP contribution in [0.2, 0.25) is 0 Å². The van der Waals surface area contributed by atoms with Gasteiger partial charge in [0.15, 0.2) is 0 Å². The Hall–Kier alpha value is -2.53. The first-order chi connectivity index (χ1) is 9.88. The van der Waals surface area contributed by atoms with Crippen molar-refractivity contribution in [3.63, 3.8) is 0 Å². The molecule has 0 fully saturated rings. The molecule has 0 aliphatic heterocycles. The predicted octanol–water partition coefficient (Wildman–Crippen LogP) is 3.71. The summed E-state index contributed by atoms with van der Waals surface area (Å²) in [5, 5.41) is 0. The van der Waals surface area contributed by atoms with E-state index in [1.165, 1.54) is 0 Å². The van der Waals surface area contributed by atoms with Gasteiger partial charge in [-0.2, -0.15) is 0 Å². The Labute approximate surface area is 119 Å². The van der Waals surface area contributed by atoms with Crippen molar-refractivity contribution in [3.8, 4) is 17.6 Å². The minimum Gasteiger partial charge on any atom is -0.494 e. The van der Waals surface area contributed by atoms with E-state index in [2.05, 4.69) is 11.8 Å². The maximum Gasteiger partial charge on any atom is 0.150 e. The van der Waals surface area contributed by atoms with Crippen molar-refractivity contribution in [3.05, 3.63) is 65.7 Å². The van der Waals surface area contributed by atoms with Gasteiger partial charge in [-0.1, -0.05) is 42.2 Å². The first kappa shape index (κ1) is 13.9. The minimum atomic E-state index is 0.669. The van der Waals surface area contributed by atoms with E-state index < -0.39 is 0 Å². The number of carbonyl (C=O) groups is 1. The third-order valence-electron chi connectivity index (χ3n) is 2.74. The highest BCUT2D eigenvalue weighted by molar-refractivity contribution is 5.74. The molecule has 100 valence electrons. The largest absolute Gasteiger partial charge is 0.494 e. The van der Waals surface area contributed by atoms with Crippen molar-refractivity contribution >= 4 is 6.29 Å². The first-order valence-corrected chi connectivity index (χ1v) is 6.60. The average molecular weight is 264 g/mol. The van der Waals surface area contributed by atoms with E-state index in [0.29, 0.717) is 12.2 Å². The molecule has 0 amide bonds. The van der Waals surface area contributed by atoms with Gasteiger partial charge in [0.25, 0.3) is 0 Å². The predicted molar refractivity (Wildman–Crippen MR) is 79.9 cm³/mol. The topological polar surface area (TPSA) is 26.3 Å². The maximum atomic E-state index is 10.5. The molecule has 0 bridgehead atoms. The van der Waals surface area contributed by atoms with Crippen LogP contribution in [0.1, 0.15) is 28.8 Å². The maximum absolute atomic E-state index is 10.5. The standard InChI is InChI=1S/C18H16O2/c19-15-17-12-10-16(11-13-17)7-3-2-6-14-20-18-8-4-1-5-9-18/h1,4-5,8-13,15H,2,6,14H2. The Bertz CT molecular complexity index is 589. The SMILES string of the molecule is O=Cc1ccc(C#CCCCOc2ccccc2)cc1. The lowest BCUT2D eigenvalue weighted by Crippen LogP contribution is -1.96. The van der Waals surface area contributed by atoms with Crippen molar-refractivity contribution < 1.29 is 9.53 Å². The summed E-state index contributed by atoms with van der Waals surface area (Å²) >= 11 is 0. The zero-order chi connectivity index (χ0) is 14.0. The van der Waals surface area contributed by atoms with Crippen molar-refractivity contribution in [2.75, 3.05) is 6.61 Å². The molecule has 0 aliphatic carbocycles. The van der Waals surface area contributed by atoms with E-state index in [1.807, 2.05) is 42.5 Å². The van der Waals surface area contributed by atoms with Crippen LogP contribution in [0.5, 0.6) is 5.75 Å². The van der Waals surface area contributed by atoms with Gasteiger partial charge >= 0.3 is 0 Å². The van der Waals surface area contributed by atoms with E-state index in [-0.39, 0.29) is 0 Å². The van der Waals surface area contributed by atoms with Crippen LogP contribution in [0.15, 0.2) is 54.6 Å². The molecule has 0 radical (unpaired) electrons. The summed E-state index contributed by atoms with van der Waals surface area (Å²) in [6.45, 7) is 0.669. The Kier molecular flexibility index (Phi) is 5.42. The van der Waals surface area contributed by atoms with Gasteiger partial charge in [0.2, 0.25) is 0 Å². The zero-order valence-electron chi connectivity index (χ0n) is 11.2. The Morgan fingerprint density at radius 3 is 2.45 bits per heavy atom. The molecule has 0 atom stereocenters. The molecule has 2 rings (SSSR count). The molecule has 2 heteroatoms. The monoisotopic (exact) mass is 264 g/mol. The van der Waals surface area contributed by atoms with E-state index in [4.69, 9.17) is 4.74 Å². The van der Waals surface area contributed by atoms with Crippen molar-refractivity contribution in [2.24, 2.45) is 0 Å². The van der Waals surface area contributed by atoms with Gasteiger partial charge in [0, 0.05) is 17.5 Å². The molecule has 0 aliphatic rings. The molecule has 0 aromatic heterocycles. The number of benzene rings is 2. The van der Waals surface area contributed by atoms with Crippen LogP contribution in [0.25, 0.3) is 0 Å². The fourth-order valence-corrected chi connectivity index (χ4v) is 1.68. The number of carbonyl (C=O) groups excluding carboxylic acids is 1. The van der Waals surface area contributed by atoms with Gasteiger partial charge in [0.05, 0.1) is 6.61 Å². The van der Waals surface area contributed by atoms with Crippen molar-refractivity contribution in [2.45, 2.75) is 12.8 Å². The molecule has 0 saturated heterocycles. The number of hydrogen-bond acceptors (Lipinski definition) is 2. The van der Waals surface area contributed by atoms with E-state index in [9.17, 15) is 4.79 Å². The number of unbranched alkanes of at least 4 members (excludes halogenated alkanes) is 1. The second-order valence-corrected chi connectivity index (χ2v) is 4.31. The molecule has 20 heavy (non-hydrogen) atoms. The highest BCUT2D eigenvalue weighted by atomic mass is 16.5. The third-order valence-corrected chi connectivity index (χ3v) is 2.74. The van der Waals surface area contributed by atoms with Crippen LogP contribution in [-0.2, 0) is 0 Å². The van der Waals surface area contributed by atoms with Crippen molar-refractivity contribution in [1.82, 2.24) is 0 Å². The lowest BCUT2D eigenvalue weighted by atomic mass is 10.1. The van der Waals surface area contributed by atoms with Crippen LogP contribution in [-0.4, -0.2) is 12.9 Å². The normalized spacial score (nSPS) is 9.40. The van der Waals surface area contributed by atoms with Crippen LogP contribution >= 0.6 is 0 Å². The molecule has 0 saturated carbocycles. The lowest BCUT2D eigenvalue weighted by Gasteiger charge is -2.03. The van der Waals surface area contributed by atoms with Crippen molar-refractivity contribution in [1.29, 1.82) is 0 Å². The van der Waals surface area contributed by atoms with Gasteiger partial charge in [0.1, 0.15) is 12.0 Å². The average Bonchev–Trinajstić information content (AvgIpc) is 2.52. The molecule has 2 aromatic rings. The summed E-state index contributed by atoms with van der Waals surface area (Å²) < 4.78 is 5.58. The zero-order valence-corrected chi connectivity index (χ0v) is 11.2. The Balaban J connectivity index is 1.70. The molecule has 2 nitrogen and oxygen atoms in total. The summed E-state index contributed by atoms with van der Waals surface area (Å²) in [6.07, 6.45) is 2.52. The highest BCUT2D eigenvalue weighted by Crippen LogP contribution is 2.08. The molecule has 0 heterocycles. The number of para-hydroxylation sites is 1. The minimum absolute atomic E-state index is 0.669. The van der Waals surface area contributed by atoms with Crippen LogP contribution < -0.4 is 4.74 Å². The van der Waals surface area contributed by atoms with Gasteiger partial charge in [-0.3, -0.25) is 4.79 Å². The molecular weight excluding hydrogens is 248 g/mol. The third kappa shape index (κ3) is 4.62. The summed E-state index contributed by atoms with van der Waals surface area (Å²) in [5.41, 5.74) is 1.60. The number of ether oxygens (including phenoxy) is 1. The second-order valence-electron chi connectivity index (χ2n) is 4.31. The van der Waals surface area contributed by atoms with Crippen LogP contribution in [0.3, 0.4) is 0 Å². The van der Waals surface area contributed by atoms with Crippen LogP contribution in [0.4, 0.5) is 0 Å². The van der Waals surface area contributed by atoms with Gasteiger partial charge < -0.3 is 4.74 Å². The summed E-state index contributed by atoms with van der Waals surface area (Å²) in [6, 6.07) is 17.0. The molecule has 2 aromatic carbocycles.